The molecule has 1 heterocycles. The zero-order chi connectivity index (χ0) is 13.2. The Morgan fingerprint density at radius 1 is 1.06 bits per heavy atom. The van der Waals surface area contributed by atoms with Crippen LogP contribution in [0.4, 0.5) is 0 Å². The van der Waals surface area contributed by atoms with Crippen LogP contribution in [0.5, 0.6) is 0 Å². The van der Waals surface area contributed by atoms with Gasteiger partial charge in [0.05, 0.1) is 18.0 Å². The van der Waals surface area contributed by atoms with Gasteiger partial charge in [-0.25, -0.2) is 18.5 Å². The van der Waals surface area contributed by atoms with Crippen molar-refractivity contribution in [2.24, 2.45) is 0 Å². The van der Waals surface area contributed by atoms with Crippen LogP contribution in [0, 0.1) is 10.1 Å². The van der Waals surface area contributed by atoms with E-state index in [-0.39, 0.29) is 31.1 Å². The minimum absolute atomic E-state index is 0.110. The Morgan fingerprint density at radius 2 is 1.61 bits per heavy atom. The molecule has 0 aliphatic carbocycles. The number of sulfonamides is 1. The summed E-state index contributed by atoms with van der Waals surface area (Å²) in [7, 11) is -3.53. The third kappa shape index (κ3) is 2.44. The monoisotopic (exact) mass is 271 g/mol. The molecule has 0 bridgehead atoms. The van der Waals surface area contributed by atoms with Gasteiger partial charge in [0.15, 0.2) is 5.03 Å². The normalized spacial score (nSPS) is 17.7. The van der Waals surface area contributed by atoms with E-state index >= 15 is 0 Å². The molecule has 2 rings (SSSR count). The molecule has 1 aromatic rings. The van der Waals surface area contributed by atoms with Gasteiger partial charge in [-0.2, -0.15) is 4.31 Å². The minimum atomic E-state index is -3.53. The predicted molar refractivity (Wildman–Crippen MR) is 63.8 cm³/mol. The molecule has 1 fully saturated rings. The van der Waals surface area contributed by atoms with Crippen molar-refractivity contribution in [3.63, 3.8) is 0 Å². The molecule has 0 unspecified atom stereocenters. The second kappa shape index (κ2) is 4.91. The fraction of sp³-hybridized carbons (Fsp3) is 0.400. The van der Waals surface area contributed by atoms with Gasteiger partial charge in [-0.1, -0.05) is 18.2 Å². The lowest BCUT2D eigenvalue weighted by molar-refractivity contribution is -0.657. The summed E-state index contributed by atoms with van der Waals surface area (Å²) in [6.45, 7) is 0.495. The first-order chi connectivity index (χ1) is 8.51. The van der Waals surface area contributed by atoms with E-state index in [1.807, 2.05) is 0 Å². The first-order valence-electron chi connectivity index (χ1n) is 5.46. The maximum absolute atomic E-state index is 12.2. The second-order valence-corrected chi connectivity index (χ2v) is 5.85. The molecular weight excluding hydrogens is 258 g/mol. The quantitative estimate of drug-likeness (QED) is 0.578. The number of hydrogen-bond acceptors (Lipinski definition) is 4. The van der Waals surface area contributed by atoms with Gasteiger partial charge in [-0.3, -0.25) is 0 Å². The lowest BCUT2D eigenvalue weighted by Gasteiger charge is -2.29. The number of piperazine rings is 1. The molecular formula is C10H13N3O4S. The average molecular weight is 271 g/mol. The predicted octanol–water partition coefficient (Wildman–Crippen LogP) is 0.185. The molecule has 0 saturated carbocycles. The number of rotatable bonds is 3. The maximum Gasteiger partial charge on any atom is 0.243 e. The molecule has 0 amide bonds. The first-order valence-corrected chi connectivity index (χ1v) is 6.90. The van der Waals surface area contributed by atoms with E-state index in [9.17, 15) is 18.5 Å². The van der Waals surface area contributed by atoms with Gasteiger partial charge in [0, 0.05) is 13.1 Å². The highest BCUT2D eigenvalue weighted by Crippen LogP contribution is 2.16. The highest BCUT2D eigenvalue weighted by molar-refractivity contribution is 7.89. The van der Waals surface area contributed by atoms with Gasteiger partial charge >= 0.3 is 0 Å². The average Bonchev–Trinajstić information content (AvgIpc) is 2.40. The van der Waals surface area contributed by atoms with E-state index < -0.39 is 15.1 Å². The van der Waals surface area contributed by atoms with Crippen LogP contribution in [0.25, 0.3) is 0 Å². The third-order valence-corrected chi connectivity index (χ3v) is 4.74. The summed E-state index contributed by atoms with van der Waals surface area (Å²) in [5, 5.41) is 11.1. The van der Waals surface area contributed by atoms with Crippen LogP contribution in [0.15, 0.2) is 35.2 Å². The van der Waals surface area contributed by atoms with Crippen LogP contribution in [0.3, 0.4) is 0 Å². The van der Waals surface area contributed by atoms with E-state index in [4.69, 9.17) is 0 Å². The number of nitrogens with zero attached hydrogens (tertiary/aromatic N) is 3. The summed E-state index contributed by atoms with van der Waals surface area (Å²) in [5.74, 6) is 0. The van der Waals surface area contributed by atoms with Crippen molar-refractivity contribution in [3.05, 3.63) is 40.4 Å². The highest BCUT2D eigenvalue weighted by atomic mass is 32.2. The van der Waals surface area contributed by atoms with Gasteiger partial charge in [0.1, 0.15) is 0 Å². The summed E-state index contributed by atoms with van der Waals surface area (Å²) in [6.07, 6.45) is 0. The highest BCUT2D eigenvalue weighted by Gasteiger charge is 2.31. The smallest absolute Gasteiger partial charge is 0.235 e. The molecule has 1 aromatic carbocycles. The molecule has 98 valence electrons. The van der Waals surface area contributed by atoms with Crippen molar-refractivity contribution in [2.75, 3.05) is 26.2 Å². The lowest BCUT2D eigenvalue weighted by Crippen LogP contribution is -2.50. The molecule has 0 radical (unpaired) electrons. The number of hydrogen-bond donors (Lipinski definition) is 0. The zero-order valence-electron chi connectivity index (χ0n) is 9.60. The molecule has 1 aliphatic rings. The molecule has 18 heavy (non-hydrogen) atoms. The Bertz CT molecular complexity index is 523. The molecule has 8 heteroatoms. The second-order valence-electron chi connectivity index (χ2n) is 3.91. The fourth-order valence-electron chi connectivity index (χ4n) is 1.82. The van der Waals surface area contributed by atoms with Crippen LogP contribution in [0.2, 0.25) is 0 Å². The van der Waals surface area contributed by atoms with Crippen LogP contribution < -0.4 is 0 Å². The maximum atomic E-state index is 12.2. The summed E-state index contributed by atoms with van der Waals surface area (Å²) in [6, 6.07) is 8.09. The number of benzene rings is 1. The Balaban J connectivity index is 2.12. The van der Waals surface area contributed by atoms with Gasteiger partial charge < -0.3 is 0 Å². The van der Waals surface area contributed by atoms with E-state index in [0.29, 0.717) is 0 Å². The van der Waals surface area contributed by atoms with Crippen LogP contribution in [-0.4, -0.2) is 48.9 Å². The zero-order valence-corrected chi connectivity index (χ0v) is 10.4. The Morgan fingerprint density at radius 3 is 2.11 bits per heavy atom. The molecule has 0 spiro atoms. The topological polar surface area (TPSA) is 83.8 Å². The molecule has 0 N–H and O–H groups in total. The van der Waals surface area contributed by atoms with Crippen LogP contribution in [0.1, 0.15) is 0 Å². The fourth-order valence-corrected chi connectivity index (χ4v) is 3.27. The van der Waals surface area contributed by atoms with Crippen molar-refractivity contribution in [1.29, 1.82) is 0 Å². The van der Waals surface area contributed by atoms with Crippen molar-refractivity contribution in [1.82, 2.24) is 9.31 Å². The first kappa shape index (κ1) is 12.8. The van der Waals surface area contributed by atoms with Gasteiger partial charge in [-0.15, -0.1) is 5.01 Å². The van der Waals surface area contributed by atoms with Crippen molar-refractivity contribution in [2.45, 2.75) is 4.90 Å². The summed E-state index contributed by atoms with van der Waals surface area (Å²) in [5.41, 5.74) is 0. The standard InChI is InChI=1S/C10H13N3O4S/c14-13(15)11-6-8-12(9-7-11)18(16,17)10-4-2-1-3-5-10/h1-5H,6-9H2. The number of hydrazine groups is 1. The summed E-state index contributed by atoms with van der Waals surface area (Å²) < 4.78 is 25.7. The van der Waals surface area contributed by atoms with Gasteiger partial charge in [0.25, 0.3) is 0 Å². The van der Waals surface area contributed by atoms with E-state index in [2.05, 4.69) is 0 Å². The van der Waals surface area contributed by atoms with E-state index in [0.717, 1.165) is 5.01 Å². The van der Waals surface area contributed by atoms with Gasteiger partial charge in [0.2, 0.25) is 10.0 Å². The van der Waals surface area contributed by atoms with E-state index in [1.54, 1.807) is 18.2 Å². The Hall–Kier alpha value is -1.67. The minimum Gasteiger partial charge on any atom is -0.235 e. The van der Waals surface area contributed by atoms with Crippen LogP contribution >= 0.6 is 0 Å². The molecule has 1 aliphatic heterocycles. The molecule has 7 nitrogen and oxygen atoms in total. The SMILES string of the molecule is O=[N+]([O-])N1CCN(S(=O)(=O)c2ccccc2)CC1. The van der Waals surface area contributed by atoms with Gasteiger partial charge in [-0.05, 0) is 12.1 Å². The van der Waals surface area contributed by atoms with Crippen molar-refractivity contribution in [3.8, 4) is 0 Å². The molecule has 0 aromatic heterocycles. The molecule has 1 saturated heterocycles. The largest absolute Gasteiger partial charge is 0.243 e. The third-order valence-electron chi connectivity index (χ3n) is 2.83. The van der Waals surface area contributed by atoms with Crippen molar-refractivity contribution < 1.29 is 13.5 Å². The van der Waals surface area contributed by atoms with Crippen molar-refractivity contribution >= 4 is 10.0 Å². The Kier molecular flexibility index (Phi) is 3.48. The summed E-state index contributed by atoms with van der Waals surface area (Å²) >= 11 is 0. The lowest BCUT2D eigenvalue weighted by atomic mass is 10.4. The molecule has 0 atom stereocenters. The Labute approximate surface area is 105 Å². The van der Waals surface area contributed by atoms with Crippen LogP contribution in [-0.2, 0) is 10.0 Å². The van der Waals surface area contributed by atoms with E-state index in [1.165, 1.54) is 16.4 Å². The summed E-state index contributed by atoms with van der Waals surface area (Å²) in [4.78, 5) is 10.8. The number of nitro groups is 1.